The summed E-state index contributed by atoms with van der Waals surface area (Å²) in [5.74, 6) is 0.140. The highest BCUT2D eigenvalue weighted by Crippen LogP contribution is 2.42. The Morgan fingerprint density at radius 3 is 2.70 bits per heavy atom. The number of carbonyl (C=O) groups is 1. The van der Waals surface area contributed by atoms with E-state index in [0.717, 1.165) is 0 Å². The lowest BCUT2D eigenvalue weighted by Crippen LogP contribution is -2.47. The predicted octanol–water partition coefficient (Wildman–Crippen LogP) is 2.26. The average molecular weight is 273 g/mol. The molecule has 0 spiro atoms. The summed E-state index contributed by atoms with van der Waals surface area (Å²) in [6, 6.07) is 7.00. The minimum Gasteiger partial charge on any atom is -0.488 e. The molecule has 0 saturated heterocycles. The molecule has 0 aromatic heterocycles. The van der Waals surface area contributed by atoms with E-state index in [2.05, 4.69) is 12.3 Å². The Labute approximate surface area is 119 Å². The lowest BCUT2D eigenvalue weighted by Gasteiger charge is -2.35. The maximum Gasteiger partial charge on any atom is 0.257 e. The number of amides is 1. The molecule has 1 atom stereocenters. The van der Waals surface area contributed by atoms with Gasteiger partial charge in [-0.3, -0.25) is 9.69 Å². The van der Waals surface area contributed by atoms with E-state index in [9.17, 15) is 9.90 Å². The first-order valence-corrected chi connectivity index (χ1v) is 6.55. The van der Waals surface area contributed by atoms with E-state index < -0.39 is 5.72 Å². The number of methoxy groups -OCH3 is 1. The van der Waals surface area contributed by atoms with Crippen LogP contribution >= 0.6 is 0 Å². The SMILES string of the molecule is C=C=C(OC)C1(O)c2ccccc2C(=O)N1CC(C)C. The van der Waals surface area contributed by atoms with E-state index >= 15 is 0 Å². The van der Waals surface area contributed by atoms with Gasteiger partial charge in [0.05, 0.1) is 7.11 Å². The molecule has 0 fully saturated rings. The molecule has 106 valence electrons. The fourth-order valence-corrected chi connectivity index (χ4v) is 2.57. The Kier molecular flexibility index (Phi) is 3.71. The lowest BCUT2D eigenvalue weighted by molar-refractivity contribution is -0.0889. The zero-order valence-corrected chi connectivity index (χ0v) is 12.0. The van der Waals surface area contributed by atoms with Gasteiger partial charge >= 0.3 is 0 Å². The molecule has 1 aromatic rings. The van der Waals surface area contributed by atoms with Gasteiger partial charge in [0, 0.05) is 17.7 Å². The van der Waals surface area contributed by atoms with Crippen molar-refractivity contribution in [3.05, 3.63) is 53.5 Å². The molecule has 0 saturated carbocycles. The molecule has 20 heavy (non-hydrogen) atoms. The minimum atomic E-state index is -1.63. The van der Waals surface area contributed by atoms with Gasteiger partial charge < -0.3 is 9.84 Å². The number of aliphatic hydroxyl groups is 1. The normalized spacial score (nSPS) is 20.9. The van der Waals surface area contributed by atoms with Gasteiger partial charge in [0.1, 0.15) is 0 Å². The van der Waals surface area contributed by atoms with Crippen molar-refractivity contribution in [2.24, 2.45) is 5.92 Å². The predicted molar refractivity (Wildman–Crippen MR) is 75.9 cm³/mol. The minimum absolute atomic E-state index is 0.136. The van der Waals surface area contributed by atoms with Gasteiger partial charge in [0.25, 0.3) is 5.91 Å². The molecule has 1 heterocycles. The molecular formula is C16H19NO3. The Morgan fingerprint density at radius 1 is 1.50 bits per heavy atom. The van der Waals surface area contributed by atoms with Gasteiger partial charge in [0.15, 0.2) is 5.76 Å². The quantitative estimate of drug-likeness (QED) is 0.676. The summed E-state index contributed by atoms with van der Waals surface area (Å²) in [7, 11) is 1.43. The van der Waals surface area contributed by atoms with Crippen LogP contribution in [0.25, 0.3) is 0 Å². The van der Waals surface area contributed by atoms with E-state index in [1.54, 1.807) is 24.3 Å². The van der Waals surface area contributed by atoms with E-state index in [4.69, 9.17) is 4.74 Å². The van der Waals surface area contributed by atoms with Gasteiger partial charge in [-0.2, -0.15) is 0 Å². The van der Waals surface area contributed by atoms with E-state index in [1.807, 2.05) is 13.8 Å². The summed E-state index contributed by atoms with van der Waals surface area (Å²) in [5.41, 5.74) is 1.97. The van der Waals surface area contributed by atoms with E-state index in [0.29, 0.717) is 17.7 Å². The first-order valence-electron chi connectivity index (χ1n) is 6.55. The molecule has 1 unspecified atom stereocenters. The number of carbonyl (C=O) groups excluding carboxylic acids is 1. The second kappa shape index (κ2) is 5.16. The summed E-state index contributed by atoms with van der Waals surface area (Å²) in [6.45, 7) is 7.94. The van der Waals surface area contributed by atoms with Crippen molar-refractivity contribution in [1.82, 2.24) is 4.90 Å². The van der Waals surface area contributed by atoms with Crippen molar-refractivity contribution in [3.8, 4) is 0 Å². The monoisotopic (exact) mass is 273 g/mol. The van der Waals surface area contributed by atoms with Gasteiger partial charge in [-0.05, 0) is 12.0 Å². The van der Waals surface area contributed by atoms with E-state index in [-0.39, 0.29) is 17.6 Å². The van der Waals surface area contributed by atoms with Crippen LogP contribution in [-0.2, 0) is 10.5 Å². The molecule has 0 aliphatic carbocycles. The molecule has 4 nitrogen and oxygen atoms in total. The number of benzene rings is 1. The molecule has 4 heteroatoms. The summed E-state index contributed by atoms with van der Waals surface area (Å²) < 4.78 is 5.20. The second-order valence-corrected chi connectivity index (χ2v) is 5.24. The Hall–Kier alpha value is -2.03. The second-order valence-electron chi connectivity index (χ2n) is 5.24. The first kappa shape index (κ1) is 14.4. The van der Waals surface area contributed by atoms with Crippen LogP contribution in [0.15, 0.2) is 42.3 Å². The van der Waals surface area contributed by atoms with Crippen LogP contribution in [0.5, 0.6) is 0 Å². The van der Waals surface area contributed by atoms with Crippen molar-refractivity contribution < 1.29 is 14.6 Å². The third-order valence-electron chi connectivity index (χ3n) is 3.40. The number of hydrogen-bond acceptors (Lipinski definition) is 3. The Bertz CT molecular complexity index is 587. The van der Waals surface area contributed by atoms with Gasteiger partial charge in [0.2, 0.25) is 5.72 Å². The van der Waals surface area contributed by atoms with Crippen LogP contribution in [0, 0.1) is 5.92 Å². The maximum absolute atomic E-state index is 12.5. The highest BCUT2D eigenvalue weighted by molar-refractivity contribution is 6.00. The lowest BCUT2D eigenvalue weighted by atomic mass is 9.99. The molecule has 0 bridgehead atoms. The van der Waals surface area contributed by atoms with Crippen molar-refractivity contribution in [2.75, 3.05) is 13.7 Å². The largest absolute Gasteiger partial charge is 0.488 e. The zero-order valence-electron chi connectivity index (χ0n) is 12.0. The van der Waals surface area contributed by atoms with Crippen molar-refractivity contribution in [1.29, 1.82) is 0 Å². The van der Waals surface area contributed by atoms with Crippen LogP contribution in [0.2, 0.25) is 0 Å². The fraction of sp³-hybridized carbons (Fsp3) is 0.375. The number of hydrogen-bond donors (Lipinski definition) is 1. The van der Waals surface area contributed by atoms with Crippen LogP contribution in [0.3, 0.4) is 0 Å². The molecule has 2 rings (SSSR count). The zero-order chi connectivity index (χ0) is 14.9. The summed E-state index contributed by atoms with van der Waals surface area (Å²) >= 11 is 0. The van der Waals surface area contributed by atoms with Gasteiger partial charge in [-0.1, -0.05) is 44.4 Å². The highest BCUT2D eigenvalue weighted by atomic mass is 16.5. The third kappa shape index (κ3) is 1.94. The summed E-state index contributed by atoms with van der Waals surface area (Å²) in [5, 5.41) is 11.1. The summed E-state index contributed by atoms with van der Waals surface area (Å²) in [4.78, 5) is 13.9. The number of ether oxygens (including phenoxy) is 1. The van der Waals surface area contributed by atoms with Gasteiger partial charge in [-0.15, -0.1) is 0 Å². The Morgan fingerprint density at radius 2 is 2.15 bits per heavy atom. The molecule has 1 aliphatic rings. The van der Waals surface area contributed by atoms with Crippen LogP contribution in [-0.4, -0.2) is 29.6 Å². The molecular weight excluding hydrogens is 254 g/mol. The van der Waals surface area contributed by atoms with E-state index in [1.165, 1.54) is 12.0 Å². The van der Waals surface area contributed by atoms with Crippen LogP contribution < -0.4 is 0 Å². The number of fused-ring (bicyclic) bond motifs is 1. The first-order chi connectivity index (χ1) is 9.46. The van der Waals surface area contributed by atoms with Crippen molar-refractivity contribution >= 4 is 5.91 Å². The number of rotatable bonds is 4. The molecule has 1 N–H and O–H groups in total. The molecule has 1 aliphatic heterocycles. The topological polar surface area (TPSA) is 49.8 Å². The highest BCUT2D eigenvalue weighted by Gasteiger charge is 2.52. The Balaban J connectivity index is 2.65. The standard InChI is InChI=1S/C16H19NO3/c1-5-14(20-4)16(19)13-9-7-6-8-12(13)15(18)17(16)10-11(2)3/h6-9,11,19H,1,10H2,2-4H3. The van der Waals surface area contributed by atoms with Crippen molar-refractivity contribution in [3.63, 3.8) is 0 Å². The maximum atomic E-state index is 12.5. The third-order valence-corrected chi connectivity index (χ3v) is 3.40. The average Bonchev–Trinajstić information content (AvgIpc) is 2.63. The summed E-state index contributed by atoms with van der Waals surface area (Å²) in [6.07, 6.45) is 0. The van der Waals surface area contributed by atoms with Gasteiger partial charge in [-0.25, -0.2) is 0 Å². The van der Waals surface area contributed by atoms with Crippen LogP contribution in [0.4, 0.5) is 0 Å². The van der Waals surface area contributed by atoms with Crippen molar-refractivity contribution in [2.45, 2.75) is 19.6 Å². The fourth-order valence-electron chi connectivity index (χ4n) is 2.57. The molecule has 0 radical (unpaired) electrons. The smallest absolute Gasteiger partial charge is 0.257 e. The number of nitrogens with zero attached hydrogens (tertiary/aromatic N) is 1. The molecule has 1 aromatic carbocycles. The molecule has 1 amide bonds. The van der Waals surface area contributed by atoms with Crippen LogP contribution in [0.1, 0.15) is 29.8 Å².